The Morgan fingerprint density at radius 3 is 2.65 bits per heavy atom. The van der Waals surface area contributed by atoms with E-state index >= 15 is 0 Å². The highest BCUT2D eigenvalue weighted by molar-refractivity contribution is 6.30. The highest BCUT2D eigenvalue weighted by Gasteiger charge is 2.38. The number of aryl methyl sites for hydroxylation is 1. The number of nitrogens with zero attached hydrogens (tertiary/aromatic N) is 5. The maximum Gasteiger partial charge on any atom is 0.573 e. The van der Waals surface area contributed by atoms with Crippen LogP contribution in [0.25, 0.3) is 11.3 Å². The quantitative estimate of drug-likeness (QED) is 0.446. The number of hydrogen-bond donors (Lipinski definition) is 0. The fraction of sp³-hybridized carbons (Fsp3) is 0.357. The summed E-state index contributed by atoms with van der Waals surface area (Å²) in [6, 6.07) is 11.1. The number of benzene rings is 2. The van der Waals surface area contributed by atoms with Gasteiger partial charge >= 0.3 is 6.36 Å². The molecule has 2 fully saturated rings. The molecule has 2 amide bonds. The maximum atomic E-state index is 13.6. The molecule has 0 radical (unpaired) electrons. The first-order valence-electron chi connectivity index (χ1n) is 12.9. The topological polar surface area (TPSA) is 80.6 Å². The maximum absolute atomic E-state index is 13.6. The van der Waals surface area contributed by atoms with Crippen molar-refractivity contribution in [3.8, 4) is 11.4 Å². The van der Waals surface area contributed by atoms with Crippen LogP contribution in [-0.4, -0.2) is 68.4 Å². The number of ether oxygens (including phenoxy) is 1. The average molecular weight is 572 g/mol. The van der Waals surface area contributed by atoms with Crippen molar-refractivity contribution >= 4 is 29.0 Å². The van der Waals surface area contributed by atoms with Crippen molar-refractivity contribution in [3.05, 3.63) is 76.3 Å². The molecule has 0 saturated carbocycles. The van der Waals surface area contributed by atoms with Crippen LogP contribution in [0, 0.1) is 6.92 Å². The summed E-state index contributed by atoms with van der Waals surface area (Å²) in [5.41, 5.74) is 2.37. The minimum Gasteiger partial charge on any atom is -0.406 e. The van der Waals surface area contributed by atoms with Crippen LogP contribution in [0.1, 0.15) is 48.0 Å². The molecule has 3 aliphatic heterocycles. The molecule has 3 aliphatic rings. The van der Waals surface area contributed by atoms with Crippen LogP contribution >= 0.6 is 11.6 Å². The normalized spacial score (nSPS) is 20.4. The van der Waals surface area contributed by atoms with Gasteiger partial charge in [0.15, 0.2) is 0 Å². The summed E-state index contributed by atoms with van der Waals surface area (Å²) in [6.45, 7) is 3.19. The van der Waals surface area contributed by atoms with E-state index in [2.05, 4.69) is 14.9 Å². The van der Waals surface area contributed by atoms with Crippen molar-refractivity contribution in [2.45, 2.75) is 44.5 Å². The minimum absolute atomic E-state index is 0.0294. The highest BCUT2D eigenvalue weighted by atomic mass is 35.5. The fourth-order valence-corrected chi connectivity index (χ4v) is 5.97. The van der Waals surface area contributed by atoms with Crippen molar-refractivity contribution in [2.75, 3.05) is 19.6 Å². The number of aromatic nitrogens is 3. The van der Waals surface area contributed by atoms with Gasteiger partial charge in [-0.3, -0.25) is 14.2 Å². The monoisotopic (exact) mass is 571 g/mol. The van der Waals surface area contributed by atoms with Crippen molar-refractivity contribution in [2.24, 2.45) is 0 Å². The Balaban J connectivity index is 1.41. The van der Waals surface area contributed by atoms with Crippen molar-refractivity contribution in [3.63, 3.8) is 0 Å². The smallest absolute Gasteiger partial charge is 0.406 e. The molecule has 40 heavy (non-hydrogen) atoms. The zero-order valence-corrected chi connectivity index (χ0v) is 22.2. The molecule has 208 valence electrons. The van der Waals surface area contributed by atoms with Crippen LogP contribution in [0.4, 0.5) is 13.2 Å². The molecule has 2 atom stereocenters. The van der Waals surface area contributed by atoms with Crippen molar-refractivity contribution in [1.29, 1.82) is 0 Å². The van der Waals surface area contributed by atoms with Crippen LogP contribution < -0.4 is 4.74 Å². The van der Waals surface area contributed by atoms with Crippen LogP contribution in [0.5, 0.6) is 5.75 Å². The Morgan fingerprint density at radius 2 is 1.90 bits per heavy atom. The number of alkyl halides is 3. The van der Waals surface area contributed by atoms with E-state index in [0.29, 0.717) is 65.1 Å². The van der Waals surface area contributed by atoms with Gasteiger partial charge in [-0.1, -0.05) is 29.8 Å². The predicted molar refractivity (Wildman–Crippen MR) is 140 cm³/mol. The van der Waals surface area contributed by atoms with Gasteiger partial charge in [-0.05, 0) is 54.8 Å². The number of carbonyl (C=O) groups is 2. The molecule has 2 aromatic carbocycles. The van der Waals surface area contributed by atoms with Gasteiger partial charge in [-0.2, -0.15) is 0 Å². The van der Waals surface area contributed by atoms with Crippen LogP contribution in [-0.2, 0) is 9.59 Å². The number of carbonyl (C=O) groups excluding carboxylic acids is 2. The molecule has 0 N–H and O–H groups in total. The third-order valence-corrected chi connectivity index (χ3v) is 7.93. The Labute approximate surface area is 233 Å². The standard InChI is InChI=1S/C28H25ClF3N5O3/c1-16-33-34-27-18(13-26(39)35-10-11-36-20(15-35)6-9-25(36)38)12-22(17-2-4-19(29)5-3-17)23-14-21(40-28(30,31)32)7-8-24(23)37(16)27/h2-5,7-8,12,14,18,20H,6,9-11,13,15H2,1H3/t18-,20?/m0/s1. The number of hydrogen-bond acceptors (Lipinski definition) is 5. The van der Waals surface area contributed by atoms with Crippen molar-refractivity contribution in [1.82, 2.24) is 24.6 Å². The number of rotatable bonds is 4. The van der Waals surface area contributed by atoms with Gasteiger partial charge < -0.3 is 14.5 Å². The number of halogens is 4. The Hall–Kier alpha value is -3.86. The minimum atomic E-state index is -4.86. The summed E-state index contributed by atoms with van der Waals surface area (Å²) in [7, 11) is 0. The van der Waals surface area contributed by atoms with E-state index in [-0.39, 0.29) is 30.0 Å². The summed E-state index contributed by atoms with van der Waals surface area (Å²) in [5.74, 6) is 0.192. The second-order valence-electron chi connectivity index (χ2n) is 10.2. The third kappa shape index (κ3) is 4.94. The summed E-state index contributed by atoms with van der Waals surface area (Å²) < 4.78 is 45.4. The first-order chi connectivity index (χ1) is 19.1. The highest BCUT2D eigenvalue weighted by Crippen LogP contribution is 2.41. The van der Waals surface area contributed by atoms with Crippen LogP contribution in [0.2, 0.25) is 5.02 Å². The average Bonchev–Trinajstić information content (AvgIpc) is 3.44. The molecule has 2 saturated heterocycles. The van der Waals surface area contributed by atoms with E-state index < -0.39 is 12.3 Å². The molecule has 4 heterocycles. The molecular formula is C28H25ClF3N5O3. The third-order valence-electron chi connectivity index (χ3n) is 7.68. The molecule has 8 nitrogen and oxygen atoms in total. The summed E-state index contributed by atoms with van der Waals surface area (Å²) in [4.78, 5) is 29.3. The number of amides is 2. The molecule has 1 unspecified atom stereocenters. The van der Waals surface area contributed by atoms with Gasteiger partial charge in [0.2, 0.25) is 11.8 Å². The molecule has 1 aromatic heterocycles. The van der Waals surface area contributed by atoms with Crippen LogP contribution in [0.3, 0.4) is 0 Å². The first-order valence-corrected chi connectivity index (χ1v) is 13.3. The summed E-state index contributed by atoms with van der Waals surface area (Å²) in [5, 5.41) is 9.14. The van der Waals surface area contributed by atoms with E-state index in [1.807, 2.05) is 11.0 Å². The molecule has 0 aliphatic carbocycles. The SMILES string of the molecule is Cc1nnc2n1-c1ccc(OC(F)(F)F)cc1C(c1ccc(Cl)cc1)=C[C@H]2CC(=O)N1CCN2C(=O)CCC2C1. The van der Waals surface area contributed by atoms with Gasteiger partial charge in [0.05, 0.1) is 5.69 Å². The van der Waals surface area contributed by atoms with E-state index in [1.54, 1.807) is 46.7 Å². The van der Waals surface area contributed by atoms with Gasteiger partial charge in [-0.25, -0.2) is 0 Å². The van der Waals surface area contributed by atoms with E-state index in [9.17, 15) is 22.8 Å². The van der Waals surface area contributed by atoms with Gasteiger partial charge in [0.25, 0.3) is 0 Å². The second-order valence-corrected chi connectivity index (χ2v) is 10.6. The van der Waals surface area contributed by atoms with Crippen molar-refractivity contribution < 1.29 is 27.5 Å². The zero-order valence-electron chi connectivity index (χ0n) is 21.5. The number of allylic oxidation sites excluding steroid dienone is 1. The van der Waals surface area contributed by atoms with Gasteiger partial charge in [-0.15, -0.1) is 23.4 Å². The van der Waals surface area contributed by atoms with Crippen LogP contribution in [0.15, 0.2) is 48.5 Å². The lowest BCUT2D eigenvalue weighted by atomic mass is 9.92. The van der Waals surface area contributed by atoms with Gasteiger partial charge in [0, 0.05) is 55.0 Å². The van der Waals surface area contributed by atoms with E-state index in [0.717, 1.165) is 6.42 Å². The summed E-state index contributed by atoms with van der Waals surface area (Å²) >= 11 is 6.13. The lowest BCUT2D eigenvalue weighted by Gasteiger charge is -2.38. The number of piperazine rings is 1. The van der Waals surface area contributed by atoms with Gasteiger partial charge in [0.1, 0.15) is 17.4 Å². The molecule has 3 aromatic rings. The Bertz CT molecular complexity index is 1520. The molecular weight excluding hydrogens is 547 g/mol. The first kappa shape index (κ1) is 26.4. The molecule has 12 heteroatoms. The largest absolute Gasteiger partial charge is 0.573 e. The Morgan fingerprint density at radius 1 is 1.12 bits per heavy atom. The second kappa shape index (κ2) is 9.96. The van der Waals surface area contributed by atoms with E-state index in [1.165, 1.54) is 12.1 Å². The number of fused-ring (bicyclic) bond motifs is 4. The predicted octanol–water partition coefficient (Wildman–Crippen LogP) is 4.88. The Kier molecular flexibility index (Phi) is 6.56. The molecule has 0 spiro atoms. The fourth-order valence-electron chi connectivity index (χ4n) is 5.84. The van der Waals surface area contributed by atoms with E-state index in [4.69, 9.17) is 11.6 Å². The molecule has 6 rings (SSSR count). The zero-order chi connectivity index (χ0) is 28.2. The molecule has 0 bridgehead atoms. The summed E-state index contributed by atoms with van der Waals surface area (Å²) in [6.07, 6.45) is -1.68. The lowest BCUT2D eigenvalue weighted by molar-refractivity contribution is -0.274. The lowest BCUT2D eigenvalue weighted by Crippen LogP contribution is -2.53.